The summed E-state index contributed by atoms with van der Waals surface area (Å²) in [6, 6.07) is 11.1. The number of aromatic nitrogens is 1. The molecule has 0 aliphatic carbocycles. The van der Waals surface area contributed by atoms with Gasteiger partial charge in [0.05, 0.1) is 22.2 Å². The van der Waals surface area contributed by atoms with E-state index in [-0.39, 0.29) is 19.1 Å². The lowest BCUT2D eigenvalue weighted by atomic mass is 10.2. The monoisotopic (exact) mass is 362 g/mol. The first-order valence-corrected chi connectivity index (χ1v) is 8.51. The van der Waals surface area contributed by atoms with Crippen molar-refractivity contribution in [3.05, 3.63) is 58.1 Å². The van der Waals surface area contributed by atoms with Gasteiger partial charge in [-0.2, -0.15) is 0 Å². The summed E-state index contributed by atoms with van der Waals surface area (Å²) < 4.78 is 10.6. The average Bonchev–Trinajstić information content (AvgIpc) is 3.21. The minimum absolute atomic E-state index is 0.0919. The van der Waals surface area contributed by atoms with E-state index in [1.807, 2.05) is 30.5 Å². The number of aryl methyl sites for hydroxylation is 1. The van der Waals surface area contributed by atoms with Crippen LogP contribution >= 0.6 is 22.9 Å². The van der Waals surface area contributed by atoms with Crippen LogP contribution in [-0.2, 0) is 16.1 Å². The maximum Gasteiger partial charge on any atom is 0.250 e. The highest BCUT2D eigenvalue weighted by atomic mass is 35.5. The maximum absolute atomic E-state index is 11.9. The molecule has 2 heterocycles. The Balaban J connectivity index is 1.48. The van der Waals surface area contributed by atoms with E-state index in [0.29, 0.717) is 22.2 Å². The van der Waals surface area contributed by atoms with Crippen molar-refractivity contribution in [1.29, 1.82) is 0 Å². The van der Waals surface area contributed by atoms with E-state index in [1.54, 1.807) is 29.5 Å². The molecular weight excluding hydrogens is 348 g/mol. The summed E-state index contributed by atoms with van der Waals surface area (Å²) in [5.74, 6) is 0.419. The number of thiophene rings is 1. The van der Waals surface area contributed by atoms with Gasteiger partial charge in [-0.15, -0.1) is 11.3 Å². The molecule has 5 nitrogen and oxygen atoms in total. The Hall–Kier alpha value is -2.15. The van der Waals surface area contributed by atoms with Crippen molar-refractivity contribution in [1.82, 2.24) is 5.16 Å². The Morgan fingerprint density at radius 3 is 3.00 bits per heavy atom. The summed E-state index contributed by atoms with van der Waals surface area (Å²) >= 11 is 7.65. The Labute approximate surface area is 148 Å². The van der Waals surface area contributed by atoms with Gasteiger partial charge in [0.15, 0.2) is 5.76 Å². The Morgan fingerprint density at radius 1 is 1.38 bits per heavy atom. The molecule has 1 aromatic carbocycles. The molecule has 0 saturated heterocycles. The van der Waals surface area contributed by atoms with E-state index in [9.17, 15) is 4.79 Å². The summed E-state index contributed by atoms with van der Waals surface area (Å²) in [6.07, 6.45) is 0. The van der Waals surface area contributed by atoms with Gasteiger partial charge >= 0.3 is 0 Å². The van der Waals surface area contributed by atoms with E-state index >= 15 is 0 Å². The predicted molar refractivity (Wildman–Crippen MR) is 94.3 cm³/mol. The SMILES string of the molecule is Cc1ccc(NC(=O)COCc2cc(-c3cccs3)on2)c(Cl)c1. The number of hydrogen-bond donors (Lipinski definition) is 1. The largest absolute Gasteiger partial charge is 0.365 e. The Kier molecular flexibility index (Phi) is 5.30. The molecule has 0 spiro atoms. The molecule has 0 atom stereocenters. The molecule has 1 N–H and O–H groups in total. The molecule has 0 aliphatic heterocycles. The number of rotatable bonds is 6. The first-order valence-electron chi connectivity index (χ1n) is 7.25. The molecule has 0 fully saturated rings. The van der Waals surface area contributed by atoms with Crippen molar-refractivity contribution in [2.45, 2.75) is 13.5 Å². The number of carbonyl (C=O) groups is 1. The van der Waals surface area contributed by atoms with Crippen molar-refractivity contribution in [2.75, 3.05) is 11.9 Å². The summed E-state index contributed by atoms with van der Waals surface area (Å²) in [5, 5.41) is 9.11. The number of hydrogen-bond acceptors (Lipinski definition) is 5. The first kappa shape index (κ1) is 16.7. The second-order valence-corrected chi connectivity index (χ2v) is 6.54. The van der Waals surface area contributed by atoms with E-state index < -0.39 is 0 Å². The molecule has 0 bridgehead atoms. The lowest BCUT2D eigenvalue weighted by Gasteiger charge is -2.07. The van der Waals surface area contributed by atoms with Gasteiger partial charge in [0.25, 0.3) is 0 Å². The molecule has 1 amide bonds. The van der Waals surface area contributed by atoms with E-state index in [4.69, 9.17) is 20.9 Å². The fourth-order valence-electron chi connectivity index (χ4n) is 2.07. The van der Waals surface area contributed by atoms with E-state index in [2.05, 4.69) is 10.5 Å². The molecule has 0 saturated carbocycles. The van der Waals surface area contributed by atoms with Crippen LogP contribution in [-0.4, -0.2) is 17.7 Å². The normalized spacial score (nSPS) is 10.8. The Bertz CT molecular complexity index is 830. The van der Waals surface area contributed by atoms with Gasteiger partial charge in [-0.05, 0) is 36.1 Å². The number of halogens is 1. The molecule has 7 heteroatoms. The standard InChI is InChI=1S/C17H15ClN2O3S/c1-11-4-5-14(13(18)7-11)19-17(21)10-22-9-12-8-15(23-20-12)16-3-2-6-24-16/h2-8H,9-10H2,1H3,(H,19,21). The van der Waals surface area contributed by atoms with Gasteiger partial charge in [0, 0.05) is 6.07 Å². The summed E-state index contributed by atoms with van der Waals surface area (Å²) in [5.41, 5.74) is 2.23. The average molecular weight is 363 g/mol. The highest BCUT2D eigenvalue weighted by molar-refractivity contribution is 7.13. The first-order chi connectivity index (χ1) is 11.6. The van der Waals surface area contributed by atoms with Crippen LogP contribution in [0.4, 0.5) is 5.69 Å². The smallest absolute Gasteiger partial charge is 0.250 e. The van der Waals surface area contributed by atoms with Crippen LogP contribution in [0.2, 0.25) is 5.02 Å². The van der Waals surface area contributed by atoms with Crippen LogP contribution in [0.25, 0.3) is 10.6 Å². The number of nitrogens with one attached hydrogen (secondary N) is 1. The lowest BCUT2D eigenvalue weighted by molar-refractivity contribution is -0.121. The van der Waals surface area contributed by atoms with Crippen molar-refractivity contribution in [2.24, 2.45) is 0 Å². The van der Waals surface area contributed by atoms with Crippen molar-refractivity contribution in [3.63, 3.8) is 0 Å². The zero-order valence-corrected chi connectivity index (χ0v) is 14.5. The van der Waals surface area contributed by atoms with Crippen molar-refractivity contribution in [3.8, 4) is 10.6 Å². The second kappa shape index (κ2) is 7.61. The zero-order valence-electron chi connectivity index (χ0n) is 12.9. The maximum atomic E-state index is 11.9. The van der Waals surface area contributed by atoms with Crippen LogP contribution in [0, 0.1) is 6.92 Å². The van der Waals surface area contributed by atoms with Gasteiger partial charge in [-0.3, -0.25) is 4.79 Å². The third-order valence-electron chi connectivity index (χ3n) is 3.20. The molecule has 3 aromatic rings. The molecule has 0 unspecified atom stereocenters. The van der Waals surface area contributed by atoms with Crippen molar-refractivity contribution < 1.29 is 14.1 Å². The number of carbonyl (C=O) groups excluding carboxylic acids is 1. The minimum atomic E-state index is -0.275. The second-order valence-electron chi connectivity index (χ2n) is 5.18. The topological polar surface area (TPSA) is 64.4 Å². The van der Waals surface area contributed by atoms with Gasteiger partial charge < -0.3 is 14.6 Å². The van der Waals surface area contributed by atoms with Gasteiger partial charge in [-0.25, -0.2) is 0 Å². The van der Waals surface area contributed by atoms with Gasteiger partial charge in [0.2, 0.25) is 5.91 Å². The summed E-state index contributed by atoms with van der Waals surface area (Å²) in [6.45, 7) is 2.04. The number of nitrogens with zero attached hydrogens (tertiary/aromatic N) is 1. The molecular formula is C17H15ClN2O3S. The van der Waals surface area contributed by atoms with Crippen LogP contribution in [0.1, 0.15) is 11.3 Å². The summed E-state index contributed by atoms with van der Waals surface area (Å²) in [4.78, 5) is 12.9. The third-order valence-corrected chi connectivity index (χ3v) is 4.40. The fraction of sp³-hybridized carbons (Fsp3) is 0.176. The minimum Gasteiger partial charge on any atom is -0.365 e. The number of benzene rings is 1. The molecule has 24 heavy (non-hydrogen) atoms. The number of ether oxygens (including phenoxy) is 1. The van der Waals surface area contributed by atoms with Crippen LogP contribution in [0.3, 0.4) is 0 Å². The Morgan fingerprint density at radius 2 is 2.25 bits per heavy atom. The van der Waals surface area contributed by atoms with Crippen LogP contribution < -0.4 is 5.32 Å². The lowest BCUT2D eigenvalue weighted by Crippen LogP contribution is -2.18. The van der Waals surface area contributed by atoms with Crippen LogP contribution in [0.5, 0.6) is 0 Å². The van der Waals surface area contributed by atoms with Crippen molar-refractivity contribution >= 4 is 34.5 Å². The number of anilines is 1. The molecule has 124 valence electrons. The van der Waals surface area contributed by atoms with Crippen LogP contribution in [0.15, 0.2) is 46.3 Å². The molecule has 3 rings (SSSR count). The van der Waals surface area contributed by atoms with E-state index in [1.165, 1.54) is 0 Å². The molecule has 0 aliphatic rings. The van der Waals surface area contributed by atoms with Gasteiger partial charge in [-0.1, -0.05) is 28.9 Å². The van der Waals surface area contributed by atoms with E-state index in [0.717, 1.165) is 10.4 Å². The number of amides is 1. The fourth-order valence-corrected chi connectivity index (χ4v) is 3.03. The molecule has 0 radical (unpaired) electrons. The predicted octanol–water partition coefficient (Wildman–Crippen LogP) is 4.52. The molecule has 2 aromatic heterocycles. The highest BCUT2D eigenvalue weighted by Crippen LogP contribution is 2.25. The zero-order chi connectivity index (χ0) is 16.9. The third kappa shape index (κ3) is 4.23. The summed E-state index contributed by atoms with van der Waals surface area (Å²) in [7, 11) is 0. The van der Waals surface area contributed by atoms with Gasteiger partial charge in [0.1, 0.15) is 12.3 Å². The highest BCUT2D eigenvalue weighted by Gasteiger charge is 2.10. The quantitative estimate of drug-likeness (QED) is 0.700.